The lowest BCUT2D eigenvalue weighted by Crippen LogP contribution is -2.39. The fourth-order valence-corrected chi connectivity index (χ4v) is 5.53. The summed E-state index contributed by atoms with van der Waals surface area (Å²) >= 11 is 0. The molecular formula is C26H31N7O3. The number of aliphatic hydroxyl groups excluding tert-OH is 1. The molecule has 6 rings (SSSR count). The van der Waals surface area contributed by atoms with Gasteiger partial charge >= 0.3 is 0 Å². The van der Waals surface area contributed by atoms with Crippen LogP contribution in [0.15, 0.2) is 36.8 Å². The van der Waals surface area contributed by atoms with Crippen LogP contribution in [0.3, 0.4) is 0 Å². The Bertz CT molecular complexity index is 1410. The zero-order chi connectivity index (χ0) is 24.6. The highest BCUT2D eigenvalue weighted by molar-refractivity contribution is 6.01. The highest BCUT2D eigenvalue weighted by atomic mass is 16.5. The lowest BCUT2D eigenvalue weighted by Gasteiger charge is -2.26. The van der Waals surface area contributed by atoms with Gasteiger partial charge in [-0.05, 0) is 50.7 Å². The molecule has 1 amide bonds. The van der Waals surface area contributed by atoms with E-state index < -0.39 is 0 Å². The van der Waals surface area contributed by atoms with Gasteiger partial charge in [0, 0.05) is 61.8 Å². The molecule has 0 spiro atoms. The monoisotopic (exact) mass is 489 g/mol. The van der Waals surface area contributed by atoms with E-state index in [1.807, 2.05) is 25.4 Å². The van der Waals surface area contributed by atoms with Crippen LogP contribution in [-0.2, 0) is 4.74 Å². The summed E-state index contributed by atoms with van der Waals surface area (Å²) in [6.45, 7) is 1.49. The van der Waals surface area contributed by atoms with Crippen LogP contribution >= 0.6 is 0 Å². The van der Waals surface area contributed by atoms with Crippen LogP contribution in [0.1, 0.15) is 54.9 Å². The lowest BCUT2D eigenvalue weighted by atomic mass is 9.93. The first kappa shape index (κ1) is 22.9. The summed E-state index contributed by atoms with van der Waals surface area (Å²) in [4.78, 5) is 22.9. The van der Waals surface area contributed by atoms with Crippen LogP contribution in [0.5, 0.6) is 0 Å². The molecular weight excluding hydrogens is 458 g/mol. The summed E-state index contributed by atoms with van der Waals surface area (Å²) in [5.41, 5.74) is 3.54. The number of anilines is 1. The van der Waals surface area contributed by atoms with E-state index in [4.69, 9.17) is 14.7 Å². The van der Waals surface area contributed by atoms with E-state index in [-0.39, 0.29) is 18.1 Å². The number of aromatic nitrogens is 5. The molecule has 36 heavy (non-hydrogen) atoms. The van der Waals surface area contributed by atoms with Gasteiger partial charge in [-0.15, -0.1) is 0 Å². The second kappa shape index (κ2) is 9.51. The van der Waals surface area contributed by atoms with Gasteiger partial charge < -0.3 is 25.0 Å². The topological polar surface area (TPSA) is 119 Å². The maximum Gasteiger partial charge on any atom is 0.256 e. The number of ether oxygens (including phenoxy) is 1. The van der Waals surface area contributed by atoms with E-state index >= 15 is 0 Å². The summed E-state index contributed by atoms with van der Waals surface area (Å²) < 4.78 is 9.48. The Morgan fingerprint density at radius 2 is 2.06 bits per heavy atom. The van der Waals surface area contributed by atoms with Crippen LogP contribution in [-0.4, -0.2) is 67.6 Å². The van der Waals surface area contributed by atoms with E-state index in [9.17, 15) is 9.90 Å². The lowest BCUT2D eigenvalue weighted by molar-refractivity contribution is 0.0706. The minimum atomic E-state index is -0.366. The molecule has 0 bridgehead atoms. The average molecular weight is 490 g/mol. The standard InChI is InChI=1S/C26H31N7O3/c1-27-23-13-22(21-15-32(17-7-10-36-11-8-17)24-19(21)6-3-9-28-24)31-25-20(14-29-33(23)25)26(35)30-16-4-2-5-18(34)12-16/h3,6,9,13-18,27,34H,2,4-5,7-8,10-12H2,1H3,(H,30,35)/t16?,18-/m0/s1. The second-order valence-electron chi connectivity index (χ2n) is 9.73. The first-order chi connectivity index (χ1) is 17.6. The van der Waals surface area contributed by atoms with Crippen LogP contribution in [0.4, 0.5) is 5.82 Å². The summed E-state index contributed by atoms with van der Waals surface area (Å²) in [6, 6.07) is 6.23. The molecule has 1 saturated carbocycles. The fraction of sp³-hybridized carbons (Fsp3) is 0.462. The number of pyridine rings is 1. The number of aliphatic hydroxyl groups is 1. The van der Waals surface area contributed by atoms with Gasteiger partial charge in [0.05, 0.1) is 18.0 Å². The second-order valence-corrected chi connectivity index (χ2v) is 9.73. The molecule has 5 heterocycles. The predicted octanol–water partition coefficient (Wildman–Crippen LogP) is 3.17. The Balaban J connectivity index is 1.42. The van der Waals surface area contributed by atoms with Gasteiger partial charge in [0.15, 0.2) is 5.65 Å². The maximum atomic E-state index is 13.2. The van der Waals surface area contributed by atoms with Crippen LogP contribution in [0.2, 0.25) is 0 Å². The number of nitrogens with one attached hydrogen (secondary N) is 2. The molecule has 1 unspecified atom stereocenters. The Labute approximate surface area is 208 Å². The molecule has 188 valence electrons. The molecule has 1 saturated heterocycles. The summed E-state index contributed by atoms with van der Waals surface area (Å²) in [6.07, 6.45) is 10.2. The predicted molar refractivity (Wildman–Crippen MR) is 136 cm³/mol. The minimum absolute atomic E-state index is 0.0494. The number of amides is 1. The SMILES string of the molecule is CNc1cc(-c2cn(C3CCOCC3)c3ncccc23)nc2c(C(=O)NC3CCC[C@H](O)C3)cnn12. The average Bonchev–Trinajstić information content (AvgIpc) is 3.51. The number of nitrogens with zero attached hydrogens (tertiary/aromatic N) is 5. The summed E-state index contributed by atoms with van der Waals surface area (Å²) in [7, 11) is 1.83. The fourth-order valence-electron chi connectivity index (χ4n) is 5.53. The number of hydrogen-bond donors (Lipinski definition) is 3. The Morgan fingerprint density at radius 1 is 1.19 bits per heavy atom. The smallest absolute Gasteiger partial charge is 0.256 e. The minimum Gasteiger partial charge on any atom is -0.393 e. The number of carbonyl (C=O) groups is 1. The molecule has 1 aliphatic carbocycles. The van der Waals surface area contributed by atoms with Crippen molar-refractivity contribution >= 4 is 28.4 Å². The molecule has 10 heteroatoms. The number of hydrogen-bond acceptors (Lipinski definition) is 7. The molecule has 4 aromatic heterocycles. The highest BCUT2D eigenvalue weighted by Gasteiger charge is 2.26. The third-order valence-electron chi connectivity index (χ3n) is 7.40. The summed E-state index contributed by atoms with van der Waals surface area (Å²) in [5.74, 6) is 0.514. The summed E-state index contributed by atoms with van der Waals surface area (Å²) in [5, 5.41) is 21.7. The van der Waals surface area contributed by atoms with Crippen molar-refractivity contribution < 1.29 is 14.6 Å². The molecule has 0 radical (unpaired) electrons. The van der Waals surface area contributed by atoms with Gasteiger partial charge in [0.25, 0.3) is 5.91 Å². The zero-order valence-electron chi connectivity index (χ0n) is 20.4. The molecule has 2 atom stereocenters. The first-order valence-electron chi connectivity index (χ1n) is 12.7. The van der Waals surface area contributed by atoms with Crippen molar-refractivity contribution in [3.63, 3.8) is 0 Å². The van der Waals surface area contributed by atoms with E-state index in [2.05, 4.69) is 32.6 Å². The van der Waals surface area contributed by atoms with Gasteiger partial charge in [0.2, 0.25) is 0 Å². The van der Waals surface area contributed by atoms with E-state index in [0.29, 0.717) is 23.7 Å². The molecule has 4 aromatic rings. The molecule has 2 aliphatic rings. The molecule has 0 aromatic carbocycles. The molecule has 2 fully saturated rings. The van der Waals surface area contributed by atoms with Crippen molar-refractivity contribution in [2.75, 3.05) is 25.6 Å². The van der Waals surface area contributed by atoms with Crippen LogP contribution in [0.25, 0.3) is 27.9 Å². The van der Waals surface area contributed by atoms with Crippen molar-refractivity contribution in [2.45, 2.75) is 56.7 Å². The normalized spacial score (nSPS) is 21.2. The van der Waals surface area contributed by atoms with Crippen molar-refractivity contribution in [1.82, 2.24) is 29.5 Å². The van der Waals surface area contributed by atoms with Crippen LogP contribution < -0.4 is 10.6 Å². The van der Waals surface area contributed by atoms with Gasteiger partial charge in [0.1, 0.15) is 17.0 Å². The Hall–Kier alpha value is -3.50. The van der Waals surface area contributed by atoms with Crippen molar-refractivity contribution in [1.29, 1.82) is 0 Å². The number of rotatable bonds is 5. The highest BCUT2D eigenvalue weighted by Crippen LogP contribution is 2.34. The van der Waals surface area contributed by atoms with Crippen molar-refractivity contribution in [3.8, 4) is 11.3 Å². The maximum absolute atomic E-state index is 13.2. The Morgan fingerprint density at radius 3 is 2.86 bits per heavy atom. The van der Waals surface area contributed by atoms with Crippen molar-refractivity contribution in [3.05, 3.63) is 42.4 Å². The van der Waals surface area contributed by atoms with Gasteiger partial charge in [-0.25, -0.2) is 9.97 Å². The van der Waals surface area contributed by atoms with Gasteiger partial charge in [-0.2, -0.15) is 9.61 Å². The van der Waals surface area contributed by atoms with Gasteiger partial charge in [-0.1, -0.05) is 0 Å². The molecule has 1 aliphatic heterocycles. The Kier molecular flexibility index (Phi) is 6.06. The first-order valence-corrected chi connectivity index (χ1v) is 12.7. The largest absolute Gasteiger partial charge is 0.393 e. The third-order valence-corrected chi connectivity index (χ3v) is 7.40. The van der Waals surface area contributed by atoms with E-state index in [1.54, 1.807) is 10.7 Å². The quantitative estimate of drug-likeness (QED) is 0.394. The van der Waals surface area contributed by atoms with Gasteiger partial charge in [-0.3, -0.25) is 4.79 Å². The number of fused-ring (bicyclic) bond motifs is 2. The van der Waals surface area contributed by atoms with Crippen LogP contribution in [0, 0.1) is 0 Å². The zero-order valence-corrected chi connectivity index (χ0v) is 20.4. The molecule has 10 nitrogen and oxygen atoms in total. The van der Waals surface area contributed by atoms with E-state index in [1.165, 1.54) is 0 Å². The number of carbonyl (C=O) groups excluding carboxylic acids is 1. The third kappa shape index (κ3) is 4.10. The van der Waals surface area contributed by atoms with Crippen molar-refractivity contribution in [2.24, 2.45) is 0 Å². The van der Waals surface area contributed by atoms with E-state index in [0.717, 1.165) is 73.4 Å². The molecule has 3 N–H and O–H groups in total.